The van der Waals surface area contributed by atoms with Crippen LogP contribution in [0.2, 0.25) is 0 Å². The molecule has 2 fully saturated rings. The van der Waals surface area contributed by atoms with Gasteiger partial charge in [0.1, 0.15) is 24.4 Å². The fourth-order valence-electron chi connectivity index (χ4n) is 4.77. The Kier molecular flexibility index (Phi) is 5.56. The number of amides is 2. The SMILES string of the molecule is O=C(N[C@@H](Cc1ccc(O)cc1)C(=O)N1CCC2OCC(=O)C21)c1cccc2ccccc12. The quantitative estimate of drug-likeness (QED) is 0.630. The molecular weight excluding hydrogens is 420 g/mol. The number of phenols is 1. The van der Waals surface area contributed by atoms with E-state index in [2.05, 4.69) is 5.32 Å². The molecule has 0 bridgehead atoms. The summed E-state index contributed by atoms with van der Waals surface area (Å²) in [7, 11) is 0. The molecule has 3 aromatic carbocycles. The van der Waals surface area contributed by atoms with Crippen molar-refractivity contribution in [2.24, 2.45) is 0 Å². The number of phenolic OH excluding ortho intramolecular Hbond substituents is 1. The third-order valence-corrected chi connectivity index (χ3v) is 6.41. The number of hydrogen-bond donors (Lipinski definition) is 2. The number of nitrogens with zero attached hydrogens (tertiary/aromatic N) is 1. The van der Waals surface area contributed by atoms with Crippen LogP contribution in [0.25, 0.3) is 10.8 Å². The molecule has 7 nitrogen and oxygen atoms in total. The summed E-state index contributed by atoms with van der Waals surface area (Å²) in [6.45, 7) is 0.431. The molecule has 0 spiro atoms. The summed E-state index contributed by atoms with van der Waals surface area (Å²) in [5.41, 5.74) is 1.27. The minimum Gasteiger partial charge on any atom is -0.508 e. The highest BCUT2D eigenvalue weighted by Crippen LogP contribution is 2.28. The number of ether oxygens (including phenoxy) is 1. The van der Waals surface area contributed by atoms with E-state index in [1.807, 2.05) is 36.4 Å². The first-order valence-corrected chi connectivity index (χ1v) is 11.0. The Labute approximate surface area is 191 Å². The molecule has 2 saturated heterocycles. The van der Waals surface area contributed by atoms with Crippen molar-refractivity contribution in [1.82, 2.24) is 10.2 Å². The monoisotopic (exact) mass is 444 g/mol. The molecule has 0 saturated carbocycles. The molecule has 2 aliphatic rings. The van der Waals surface area contributed by atoms with Gasteiger partial charge in [0.15, 0.2) is 5.78 Å². The smallest absolute Gasteiger partial charge is 0.252 e. The summed E-state index contributed by atoms with van der Waals surface area (Å²) in [4.78, 5) is 40.8. The molecule has 0 radical (unpaired) electrons. The number of benzene rings is 3. The number of rotatable bonds is 5. The maximum Gasteiger partial charge on any atom is 0.252 e. The summed E-state index contributed by atoms with van der Waals surface area (Å²) in [5, 5.41) is 14.3. The zero-order valence-corrected chi connectivity index (χ0v) is 17.9. The van der Waals surface area contributed by atoms with Crippen LogP contribution in [0.15, 0.2) is 66.7 Å². The number of carbonyl (C=O) groups excluding carboxylic acids is 3. The number of hydrogen-bond acceptors (Lipinski definition) is 5. The molecule has 3 atom stereocenters. The second kappa shape index (κ2) is 8.67. The normalized spacial score (nSPS) is 20.6. The molecule has 3 aromatic rings. The molecule has 2 heterocycles. The van der Waals surface area contributed by atoms with Crippen molar-refractivity contribution in [3.05, 3.63) is 77.9 Å². The second-order valence-electron chi connectivity index (χ2n) is 8.50. The number of Topliss-reactive ketones (excluding diaryl/α,β-unsaturated/α-hetero) is 1. The lowest BCUT2D eigenvalue weighted by atomic mass is 10.0. The van der Waals surface area contributed by atoms with Gasteiger partial charge in [-0.3, -0.25) is 14.4 Å². The Morgan fingerprint density at radius 1 is 1.06 bits per heavy atom. The van der Waals surface area contributed by atoms with Gasteiger partial charge in [-0.25, -0.2) is 0 Å². The summed E-state index contributed by atoms with van der Waals surface area (Å²) in [6.07, 6.45) is 0.564. The molecule has 33 heavy (non-hydrogen) atoms. The Morgan fingerprint density at radius 2 is 1.82 bits per heavy atom. The van der Waals surface area contributed by atoms with Crippen molar-refractivity contribution in [2.45, 2.75) is 31.0 Å². The lowest BCUT2D eigenvalue weighted by Gasteiger charge is -2.28. The van der Waals surface area contributed by atoms with Crippen molar-refractivity contribution in [2.75, 3.05) is 13.2 Å². The number of aromatic hydroxyl groups is 1. The standard InChI is InChI=1S/C26H24N2O5/c29-18-10-8-16(9-11-18)14-21(26(32)28-13-12-23-24(28)22(30)15-33-23)27-25(31)20-7-3-5-17-4-1-2-6-19(17)20/h1-11,21,23-24,29H,12-15H2,(H,27,31)/t21-,23?,24?/m0/s1. The van der Waals surface area contributed by atoms with Crippen LogP contribution in [0.5, 0.6) is 5.75 Å². The van der Waals surface area contributed by atoms with Gasteiger partial charge in [0.25, 0.3) is 5.91 Å². The van der Waals surface area contributed by atoms with Crippen molar-refractivity contribution in [1.29, 1.82) is 0 Å². The molecule has 2 aliphatic heterocycles. The molecule has 2 amide bonds. The molecule has 2 N–H and O–H groups in total. The third-order valence-electron chi connectivity index (χ3n) is 6.41. The minimum absolute atomic E-state index is 0.0180. The van der Waals surface area contributed by atoms with Crippen molar-refractivity contribution in [3.8, 4) is 5.75 Å². The number of nitrogens with one attached hydrogen (secondary N) is 1. The molecule has 168 valence electrons. The summed E-state index contributed by atoms with van der Waals surface area (Å²) >= 11 is 0. The first-order chi connectivity index (χ1) is 16.0. The first kappa shape index (κ1) is 21.2. The molecule has 7 heteroatoms. The Bertz CT molecular complexity index is 1220. The fourth-order valence-corrected chi connectivity index (χ4v) is 4.77. The van der Waals surface area contributed by atoms with Gasteiger partial charge in [0.2, 0.25) is 5.91 Å². The van der Waals surface area contributed by atoms with E-state index in [0.717, 1.165) is 16.3 Å². The van der Waals surface area contributed by atoms with Gasteiger partial charge in [-0.05, 0) is 41.0 Å². The lowest BCUT2D eigenvalue weighted by molar-refractivity contribution is -0.138. The van der Waals surface area contributed by atoms with E-state index in [-0.39, 0.29) is 42.5 Å². The number of ketones is 1. The Morgan fingerprint density at radius 3 is 2.64 bits per heavy atom. The van der Waals surface area contributed by atoms with E-state index in [9.17, 15) is 19.5 Å². The average Bonchev–Trinajstić information content (AvgIpc) is 3.42. The second-order valence-corrected chi connectivity index (χ2v) is 8.50. The van der Waals surface area contributed by atoms with Crippen molar-refractivity contribution < 1.29 is 24.2 Å². The van der Waals surface area contributed by atoms with Crippen LogP contribution in [0, 0.1) is 0 Å². The van der Waals surface area contributed by atoms with Crippen molar-refractivity contribution >= 4 is 28.4 Å². The van der Waals surface area contributed by atoms with E-state index >= 15 is 0 Å². The lowest BCUT2D eigenvalue weighted by Crippen LogP contribution is -2.53. The molecule has 5 rings (SSSR count). The van der Waals surface area contributed by atoms with Crippen LogP contribution in [-0.4, -0.2) is 58.9 Å². The van der Waals surface area contributed by atoms with Crippen molar-refractivity contribution in [3.63, 3.8) is 0 Å². The highest BCUT2D eigenvalue weighted by Gasteiger charge is 2.48. The Hall–Kier alpha value is -3.71. The van der Waals surface area contributed by atoms with Crippen LogP contribution in [0.3, 0.4) is 0 Å². The van der Waals surface area contributed by atoms with Gasteiger partial charge < -0.3 is 20.1 Å². The first-order valence-electron chi connectivity index (χ1n) is 11.0. The van der Waals surface area contributed by atoms with Crippen LogP contribution in [-0.2, 0) is 20.7 Å². The van der Waals surface area contributed by atoms with Crippen LogP contribution >= 0.6 is 0 Å². The van der Waals surface area contributed by atoms with Gasteiger partial charge in [0, 0.05) is 18.5 Å². The van der Waals surface area contributed by atoms with Gasteiger partial charge >= 0.3 is 0 Å². The van der Waals surface area contributed by atoms with Gasteiger partial charge in [-0.15, -0.1) is 0 Å². The summed E-state index contributed by atoms with van der Waals surface area (Å²) in [6, 6.07) is 18.1. The molecule has 2 unspecified atom stereocenters. The minimum atomic E-state index is -0.867. The number of carbonyl (C=O) groups is 3. The van der Waals surface area contributed by atoms with Gasteiger partial charge in [-0.2, -0.15) is 0 Å². The largest absolute Gasteiger partial charge is 0.508 e. The molecular formula is C26H24N2O5. The zero-order valence-electron chi connectivity index (χ0n) is 17.9. The zero-order chi connectivity index (χ0) is 22.9. The summed E-state index contributed by atoms with van der Waals surface area (Å²) in [5.74, 6) is -0.635. The maximum atomic E-state index is 13.6. The fraction of sp³-hybridized carbons (Fsp3) is 0.269. The highest BCUT2D eigenvalue weighted by molar-refractivity contribution is 6.08. The van der Waals surface area contributed by atoms with Gasteiger partial charge in [0.05, 0.1) is 6.10 Å². The molecule has 0 aromatic heterocycles. The summed E-state index contributed by atoms with van der Waals surface area (Å²) < 4.78 is 5.52. The predicted octanol–water partition coefficient (Wildman–Crippen LogP) is 2.46. The van der Waals surface area contributed by atoms with E-state index in [0.29, 0.717) is 18.5 Å². The van der Waals surface area contributed by atoms with E-state index < -0.39 is 12.1 Å². The van der Waals surface area contributed by atoms with E-state index in [4.69, 9.17) is 4.74 Å². The van der Waals surface area contributed by atoms with Gasteiger partial charge in [-0.1, -0.05) is 48.5 Å². The van der Waals surface area contributed by atoms with E-state index in [1.54, 1.807) is 35.2 Å². The Balaban J connectivity index is 1.44. The van der Waals surface area contributed by atoms with Crippen LogP contribution in [0.4, 0.5) is 0 Å². The van der Waals surface area contributed by atoms with Crippen LogP contribution < -0.4 is 5.32 Å². The third kappa shape index (κ3) is 4.07. The topological polar surface area (TPSA) is 95.9 Å². The maximum absolute atomic E-state index is 13.6. The average molecular weight is 444 g/mol. The number of fused-ring (bicyclic) bond motifs is 2. The predicted molar refractivity (Wildman–Crippen MR) is 122 cm³/mol. The molecule has 0 aliphatic carbocycles. The van der Waals surface area contributed by atoms with E-state index in [1.165, 1.54) is 0 Å². The van der Waals surface area contributed by atoms with Crippen LogP contribution in [0.1, 0.15) is 22.3 Å². The number of likely N-dealkylation sites (tertiary alicyclic amines) is 1. The highest BCUT2D eigenvalue weighted by atomic mass is 16.5.